The lowest BCUT2D eigenvalue weighted by molar-refractivity contribution is -0.149. The summed E-state index contributed by atoms with van der Waals surface area (Å²) in [6.07, 6.45) is 0.872. The number of rotatable bonds is 6. The molecule has 0 saturated carbocycles. The summed E-state index contributed by atoms with van der Waals surface area (Å²) in [6, 6.07) is 14.6. The molecule has 0 aliphatic carbocycles. The zero-order valence-electron chi connectivity index (χ0n) is 17.1. The Morgan fingerprint density at radius 3 is 2.74 bits per heavy atom. The highest BCUT2D eigenvalue weighted by atomic mass is 35.5. The van der Waals surface area contributed by atoms with Gasteiger partial charge >= 0.3 is 11.6 Å². The third kappa shape index (κ3) is 4.80. The zero-order valence-corrected chi connectivity index (χ0v) is 17.9. The van der Waals surface area contributed by atoms with Gasteiger partial charge in [0, 0.05) is 41.5 Å². The summed E-state index contributed by atoms with van der Waals surface area (Å²) in [5.41, 5.74) is 2.32. The van der Waals surface area contributed by atoms with Crippen molar-refractivity contribution in [2.75, 3.05) is 13.1 Å². The lowest BCUT2D eigenvalue weighted by Crippen LogP contribution is -2.28. The fourth-order valence-corrected chi connectivity index (χ4v) is 3.95. The number of benzene rings is 2. The van der Waals surface area contributed by atoms with E-state index in [1.54, 1.807) is 17.0 Å². The molecule has 0 radical (unpaired) electrons. The summed E-state index contributed by atoms with van der Waals surface area (Å²) in [7, 11) is 0. The van der Waals surface area contributed by atoms with Crippen molar-refractivity contribution >= 4 is 34.4 Å². The number of hydrogen-bond acceptors (Lipinski definition) is 5. The quantitative estimate of drug-likeness (QED) is 0.430. The molecule has 3 aromatic rings. The standard InChI is InChI=1S/C24H22ClNO5/c1-15-9-21-19(12-20(15)25)18(11-23(28)31-21)14-30-24(29)17-10-22(27)26(13-17)8-7-16-5-3-2-4-6-16/h2-6,9,11-12,17H,7-8,10,13-14H2,1H3/t17-/m1/s1. The SMILES string of the molecule is Cc1cc2oc(=O)cc(COC(=O)[C@@H]3CC(=O)N(CCc4ccccc4)C3)c2cc1Cl. The van der Waals surface area contributed by atoms with Gasteiger partial charge in [0.05, 0.1) is 5.92 Å². The smallest absolute Gasteiger partial charge is 0.336 e. The van der Waals surface area contributed by atoms with Crippen LogP contribution in [0.15, 0.2) is 57.7 Å². The van der Waals surface area contributed by atoms with Gasteiger partial charge in [0.1, 0.15) is 12.2 Å². The maximum Gasteiger partial charge on any atom is 0.336 e. The molecule has 1 fully saturated rings. The molecule has 160 valence electrons. The van der Waals surface area contributed by atoms with Gasteiger partial charge in [-0.25, -0.2) is 4.79 Å². The Bertz CT molecular complexity index is 1190. The lowest BCUT2D eigenvalue weighted by Gasteiger charge is -2.16. The first-order chi connectivity index (χ1) is 14.9. The molecular weight excluding hydrogens is 418 g/mol. The molecule has 1 aliphatic rings. The highest BCUT2D eigenvalue weighted by Crippen LogP contribution is 2.26. The summed E-state index contributed by atoms with van der Waals surface area (Å²) >= 11 is 6.20. The number of carbonyl (C=O) groups excluding carboxylic acids is 2. The van der Waals surface area contributed by atoms with E-state index in [9.17, 15) is 14.4 Å². The Morgan fingerprint density at radius 2 is 1.97 bits per heavy atom. The molecule has 0 spiro atoms. The van der Waals surface area contributed by atoms with E-state index in [-0.39, 0.29) is 18.9 Å². The first-order valence-corrected chi connectivity index (χ1v) is 10.5. The van der Waals surface area contributed by atoms with Crippen LogP contribution in [-0.2, 0) is 27.4 Å². The van der Waals surface area contributed by atoms with Crippen molar-refractivity contribution in [1.29, 1.82) is 0 Å². The van der Waals surface area contributed by atoms with Crippen LogP contribution in [0.4, 0.5) is 0 Å². The maximum atomic E-state index is 12.6. The van der Waals surface area contributed by atoms with E-state index in [0.29, 0.717) is 34.6 Å². The number of halogens is 1. The molecule has 1 saturated heterocycles. The number of hydrogen-bond donors (Lipinski definition) is 0. The van der Waals surface area contributed by atoms with Gasteiger partial charge in [-0.3, -0.25) is 9.59 Å². The minimum Gasteiger partial charge on any atom is -0.461 e. The number of ether oxygens (including phenoxy) is 1. The van der Waals surface area contributed by atoms with Gasteiger partial charge in [-0.1, -0.05) is 41.9 Å². The van der Waals surface area contributed by atoms with Gasteiger partial charge in [-0.05, 0) is 36.6 Å². The number of likely N-dealkylation sites (tertiary alicyclic amines) is 1. The first kappa shape index (κ1) is 21.1. The average Bonchev–Trinajstić information content (AvgIpc) is 3.13. The molecule has 1 aliphatic heterocycles. The normalized spacial score (nSPS) is 16.1. The molecular formula is C24H22ClNO5. The fraction of sp³-hybridized carbons (Fsp3) is 0.292. The highest BCUT2D eigenvalue weighted by Gasteiger charge is 2.35. The van der Waals surface area contributed by atoms with Crippen LogP contribution in [0.5, 0.6) is 0 Å². The fourth-order valence-electron chi connectivity index (χ4n) is 3.79. The van der Waals surface area contributed by atoms with E-state index in [0.717, 1.165) is 17.5 Å². The maximum absolute atomic E-state index is 12.6. The van der Waals surface area contributed by atoms with E-state index in [4.69, 9.17) is 20.8 Å². The second-order valence-corrected chi connectivity index (χ2v) is 8.18. The van der Waals surface area contributed by atoms with E-state index in [2.05, 4.69) is 0 Å². The molecule has 0 bridgehead atoms. The molecule has 0 unspecified atom stereocenters. The zero-order chi connectivity index (χ0) is 22.0. The van der Waals surface area contributed by atoms with Gasteiger partial charge in [0.15, 0.2) is 0 Å². The topological polar surface area (TPSA) is 76.8 Å². The summed E-state index contributed by atoms with van der Waals surface area (Å²) in [6.45, 7) is 2.63. The molecule has 1 aromatic heterocycles. The minimum atomic E-state index is -0.525. The van der Waals surface area contributed by atoms with E-state index in [1.807, 2.05) is 37.3 Å². The van der Waals surface area contributed by atoms with E-state index in [1.165, 1.54) is 6.07 Å². The number of amides is 1. The monoisotopic (exact) mass is 439 g/mol. The number of esters is 1. The Morgan fingerprint density at radius 1 is 1.19 bits per heavy atom. The van der Waals surface area contributed by atoms with Crippen molar-refractivity contribution in [3.8, 4) is 0 Å². The molecule has 0 N–H and O–H groups in total. The molecule has 1 atom stereocenters. The highest BCUT2D eigenvalue weighted by molar-refractivity contribution is 6.32. The molecule has 2 heterocycles. The molecule has 6 nitrogen and oxygen atoms in total. The summed E-state index contributed by atoms with van der Waals surface area (Å²) in [5.74, 6) is -1.01. The van der Waals surface area contributed by atoms with Gasteiger partial charge in [0.25, 0.3) is 0 Å². The second-order valence-electron chi connectivity index (χ2n) is 7.77. The Labute approximate surface area is 184 Å². The molecule has 2 aromatic carbocycles. The number of aryl methyl sites for hydroxylation is 1. The molecule has 31 heavy (non-hydrogen) atoms. The molecule has 7 heteroatoms. The van der Waals surface area contributed by atoms with Crippen molar-refractivity contribution in [3.63, 3.8) is 0 Å². The summed E-state index contributed by atoms with van der Waals surface area (Å²) in [4.78, 5) is 38.5. The van der Waals surface area contributed by atoms with Crippen LogP contribution < -0.4 is 5.63 Å². The predicted octanol–water partition coefficient (Wildman–Crippen LogP) is 3.89. The van der Waals surface area contributed by atoms with Gasteiger partial charge in [-0.15, -0.1) is 0 Å². The van der Waals surface area contributed by atoms with Crippen molar-refractivity contribution in [1.82, 2.24) is 4.90 Å². The van der Waals surface area contributed by atoms with Crippen molar-refractivity contribution < 1.29 is 18.7 Å². The number of carbonyl (C=O) groups is 2. The number of nitrogens with zero attached hydrogens (tertiary/aromatic N) is 1. The van der Waals surface area contributed by atoms with Crippen LogP contribution in [-0.4, -0.2) is 29.9 Å². The Kier molecular flexibility index (Phi) is 6.09. The van der Waals surface area contributed by atoms with Crippen molar-refractivity contribution in [2.24, 2.45) is 5.92 Å². The third-order valence-corrected chi connectivity index (χ3v) is 5.95. The molecule has 1 amide bonds. The summed E-state index contributed by atoms with van der Waals surface area (Å²) in [5, 5.41) is 1.15. The largest absolute Gasteiger partial charge is 0.461 e. The van der Waals surface area contributed by atoms with Crippen LogP contribution in [0.25, 0.3) is 11.0 Å². The van der Waals surface area contributed by atoms with Crippen molar-refractivity contribution in [3.05, 3.63) is 80.7 Å². The van der Waals surface area contributed by atoms with Gasteiger partial charge < -0.3 is 14.1 Å². The van der Waals surface area contributed by atoms with Crippen molar-refractivity contribution in [2.45, 2.75) is 26.4 Å². The Balaban J connectivity index is 1.40. The number of fused-ring (bicyclic) bond motifs is 1. The van der Waals surface area contributed by atoms with Gasteiger partial charge in [0.2, 0.25) is 5.91 Å². The van der Waals surface area contributed by atoms with Crippen LogP contribution >= 0.6 is 11.6 Å². The van der Waals surface area contributed by atoms with Crippen LogP contribution in [0.1, 0.15) is 23.1 Å². The Hall–Kier alpha value is -3.12. The third-order valence-electron chi connectivity index (χ3n) is 5.54. The van der Waals surface area contributed by atoms with Crippen LogP contribution in [0.3, 0.4) is 0 Å². The average molecular weight is 440 g/mol. The van der Waals surface area contributed by atoms with Gasteiger partial charge in [-0.2, -0.15) is 0 Å². The van der Waals surface area contributed by atoms with Crippen LogP contribution in [0, 0.1) is 12.8 Å². The predicted molar refractivity (Wildman–Crippen MR) is 117 cm³/mol. The second kappa shape index (κ2) is 8.94. The van der Waals surface area contributed by atoms with Crippen LogP contribution in [0.2, 0.25) is 5.02 Å². The minimum absolute atomic E-state index is 0.0501. The summed E-state index contributed by atoms with van der Waals surface area (Å²) < 4.78 is 10.7. The molecule has 4 rings (SSSR count). The van der Waals surface area contributed by atoms with E-state index < -0.39 is 17.5 Å². The lowest BCUT2D eigenvalue weighted by atomic mass is 10.1. The first-order valence-electron chi connectivity index (χ1n) is 10.1. The van der Waals surface area contributed by atoms with E-state index >= 15 is 0 Å².